The molecule has 0 aliphatic heterocycles. The Bertz CT molecular complexity index is 1690. The Balaban J connectivity index is 1.46. The van der Waals surface area contributed by atoms with Gasteiger partial charge in [0.05, 0.1) is 18.4 Å². The number of nitrogens with zero attached hydrogens (tertiary/aromatic N) is 5. The minimum absolute atomic E-state index is 0.0667. The standard InChI is InChI=1S/C32H36N6O3Si/c1-6-29(39)35-26-13-10-14-27(17-26)41-30-19-33-32-31(36-30)28(21-37(32)22-40-15-16-42(3,4)5)25-18-34-38(20-25)23(2)24-11-8-7-9-12-24/h6-14,17-21,23H,1,15-16,22H2,2-5H3,(H,35,39). The van der Waals surface area contributed by atoms with Gasteiger partial charge in [-0.15, -0.1) is 0 Å². The molecule has 216 valence electrons. The van der Waals surface area contributed by atoms with E-state index in [4.69, 9.17) is 19.4 Å². The maximum atomic E-state index is 11.7. The minimum atomic E-state index is -1.21. The first-order valence-electron chi connectivity index (χ1n) is 13.9. The lowest BCUT2D eigenvalue weighted by Gasteiger charge is -2.15. The van der Waals surface area contributed by atoms with Crippen molar-refractivity contribution in [2.24, 2.45) is 0 Å². The number of ether oxygens (including phenoxy) is 2. The fourth-order valence-electron chi connectivity index (χ4n) is 4.46. The summed E-state index contributed by atoms with van der Waals surface area (Å²) in [5, 5.41) is 7.42. The van der Waals surface area contributed by atoms with E-state index in [0.717, 1.165) is 17.2 Å². The predicted octanol–water partition coefficient (Wildman–Crippen LogP) is 7.13. The average molecular weight is 581 g/mol. The van der Waals surface area contributed by atoms with E-state index in [1.165, 1.54) is 11.6 Å². The molecule has 0 saturated heterocycles. The van der Waals surface area contributed by atoms with Crippen LogP contribution >= 0.6 is 0 Å². The van der Waals surface area contributed by atoms with Gasteiger partial charge in [-0.1, -0.05) is 62.6 Å². The van der Waals surface area contributed by atoms with Crippen LogP contribution in [0.15, 0.2) is 92.0 Å². The largest absolute Gasteiger partial charge is 0.437 e. The number of hydrogen-bond donors (Lipinski definition) is 1. The zero-order chi connectivity index (χ0) is 29.7. The van der Waals surface area contributed by atoms with Gasteiger partial charge in [0.25, 0.3) is 0 Å². The SMILES string of the molecule is C=CC(=O)Nc1cccc(Oc2cnc3c(n2)c(-c2cnn(C(C)c4ccccc4)c2)cn3COCC[Si](C)(C)C)c1. The van der Waals surface area contributed by atoms with Crippen molar-refractivity contribution in [3.8, 4) is 22.8 Å². The quantitative estimate of drug-likeness (QED) is 0.0958. The van der Waals surface area contributed by atoms with E-state index in [2.05, 4.69) is 55.7 Å². The number of rotatable bonds is 12. The van der Waals surface area contributed by atoms with Crippen molar-refractivity contribution >= 4 is 30.8 Å². The molecule has 0 aliphatic rings. The Morgan fingerprint density at radius 3 is 2.67 bits per heavy atom. The van der Waals surface area contributed by atoms with Gasteiger partial charge in [-0.05, 0) is 36.7 Å². The van der Waals surface area contributed by atoms with Gasteiger partial charge in [0.2, 0.25) is 11.8 Å². The second-order valence-corrected chi connectivity index (χ2v) is 17.0. The van der Waals surface area contributed by atoms with Crippen molar-refractivity contribution in [2.75, 3.05) is 11.9 Å². The van der Waals surface area contributed by atoms with Gasteiger partial charge in [0.1, 0.15) is 18.0 Å². The molecule has 3 aromatic heterocycles. The molecule has 0 radical (unpaired) electrons. The van der Waals surface area contributed by atoms with Crippen LogP contribution in [0.1, 0.15) is 18.5 Å². The van der Waals surface area contributed by atoms with Crippen molar-refractivity contribution in [1.29, 1.82) is 0 Å². The van der Waals surface area contributed by atoms with Crippen LogP contribution in [-0.2, 0) is 16.3 Å². The summed E-state index contributed by atoms with van der Waals surface area (Å²) in [6, 6.07) is 18.5. The first-order chi connectivity index (χ1) is 20.2. The van der Waals surface area contributed by atoms with E-state index in [0.29, 0.717) is 41.8 Å². The lowest BCUT2D eigenvalue weighted by molar-refractivity contribution is -0.111. The molecule has 0 aliphatic carbocycles. The van der Waals surface area contributed by atoms with E-state index in [1.807, 2.05) is 46.0 Å². The van der Waals surface area contributed by atoms with E-state index < -0.39 is 8.07 Å². The third kappa shape index (κ3) is 7.02. The summed E-state index contributed by atoms with van der Waals surface area (Å²) < 4.78 is 16.1. The molecule has 1 N–H and O–H groups in total. The molecular weight excluding hydrogens is 544 g/mol. The summed E-state index contributed by atoms with van der Waals surface area (Å²) in [7, 11) is -1.21. The van der Waals surface area contributed by atoms with E-state index in [-0.39, 0.29) is 11.9 Å². The predicted molar refractivity (Wildman–Crippen MR) is 168 cm³/mol. The number of nitrogens with one attached hydrogen (secondary N) is 1. The molecule has 9 nitrogen and oxygen atoms in total. The number of amides is 1. The van der Waals surface area contributed by atoms with Gasteiger partial charge < -0.3 is 19.4 Å². The first kappa shape index (κ1) is 29.0. The monoisotopic (exact) mass is 580 g/mol. The Morgan fingerprint density at radius 1 is 1.10 bits per heavy atom. The summed E-state index contributed by atoms with van der Waals surface area (Å²) in [4.78, 5) is 21.3. The van der Waals surface area contributed by atoms with Crippen LogP contribution in [0.4, 0.5) is 5.69 Å². The van der Waals surface area contributed by atoms with Crippen LogP contribution in [0.3, 0.4) is 0 Å². The van der Waals surface area contributed by atoms with Gasteiger partial charge in [0, 0.05) is 50.0 Å². The van der Waals surface area contributed by atoms with E-state index in [9.17, 15) is 4.79 Å². The number of carbonyl (C=O) groups is 1. The Hall–Kier alpha value is -4.54. The second-order valence-electron chi connectivity index (χ2n) is 11.4. The summed E-state index contributed by atoms with van der Waals surface area (Å²) in [6.07, 6.45) is 8.72. The summed E-state index contributed by atoms with van der Waals surface area (Å²) in [5.74, 6) is 0.553. The van der Waals surface area contributed by atoms with Crippen molar-refractivity contribution in [3.63, 3.8) is 0 Å². The number of benzene rings is 2. The Morgan fingerprint density at radius 2 is 1.90 bits per heavy atom. The van der Waals surface area contributed by atoms with Gasteiger partial charge >= 0.3 is 0 Å². The van der Waals surface area contributed by atoms with Gasteiger partial charge in [0.15, 0.2) is 5.65 Å². The topological polar surface area (TPSA) is 96.1 Å². The summed E-state index contributed by atoms with van der Waals surface area (Å²) in [5.41, 5.74) is 4.95. The lowest BCUT2D eigenvalue weighted by atomic mass is 10.1. The molecule has 5 rings (SSSR count). The van der Waals surface area contributed by atoms with Crippen LogP contribution in [-0.4, -0.2) is 44.9 Å². The summed E-state index contributed by atoms with van der Waals surface area (Å²) in [6.45, 7) is 13.7. The molecular formula is C32H36N6O3Si. The number of fused-ring (bicyclic) bond motifs is 1. The minimum Gasteiger partial charge on any atom is -0.437 e. The Kier molecular flexibility index (Phi) is 8.65. The zero-order valence-corrected chi connectivity index (χ0v) is 25.4. The maximum Gasteiger partial charge on any atom is 0.247 e. The van der Waals surface area contributed by atoms with Gasteiger partial charge in [-0.2, -0.15) is 5.10 Å². The highest BCUT2D eigenvalue weighted by atomic mass is 28.3. The Labute approximate surface area is 246 Å². The molecule has 1 amide bonds. The number of hydrogen-bond acceptors (Lipinski definition) is 6. The van der Waals surface area contributed by atoms with Crippen LogP contribution in [0.5, 0.6) is 11.6 Å². The summed E-state index contributed by atoms with van der Waals surface area (Å²) >= 11 is 0. The van der Waals surface area contributed by atoms with Crippen molar-refractivity contribution in [3.05, 3.63) is 97.6 Å². The smallest absolute Gasteiger partial charge is 0.247 e. The third-order valence-corrected chi connectivity index (χ3v) is 8.57. The van der Waals surface area contributed by atoms with Crippen molar-refractivity contribution in [2.45, 2.75) is 45.4 Å². The molecule has 0 bridgehead atoms. The molecule has 1 atom stereocenters. The second kappa shape index (κ2) is 12.5. The number of aromatic nitrogens is 5. The van der Waals surface area contributed by atoms with Crippen LogP contribution in [0.25, 0.3) is 22.3 Å². The van der Waals surface area contributed by atoms with Crippen LogP contribution in [0.2, 0.25) is 25.7 Å². The third-order valence-electron chi connectivity index (χ3n) is 6.87. The molecule has 0 spiro atoms. The molecule has 1 unspecified atom stereocenters. The highest BCUT2D eigenvalue weighted by Gasteiger charge is 2.19. The molecule has 10 heteroatoms. The lowest BCUT2D eigenvalue weighted by Crippen LogP contribution is -2.22. The number of carbonyl (C=O) groups excluding carboxylic acids is 1. The van der Waals surface area contributed by atoms with Crippen LogP contribution in [0, 0.1) is 0 Å². The van der Waals surface area contributed by atoms with Crippen molar-refractivity contribution < 1.29 is 14.3 Å². The van der Waals surface area contributed by atoms with Crippen LogP contribution < -0.4 is 10.1 Å². The highest BCUT2D eigenvalue weighted by molar-refractivity contribution is 6.76. The molecule has 2 aromatic carbocycles. The van der Waals surface area contributed by atoms with E-state index >= 15 is 0 Å². The van der Waals surface area contributed by atoms with E-state index in [1.54, 1.807) is 30.5 Å². The molecule has 0 fully saturated rings. The van der Waals surface area contributed by atoms with Gasteiger partial charge in [-0.3, -0.25) is 9.48 Å². The fourth-order valence-corrected chi connectivity index (χ4v) is 5.22. The highest BCUT2D eigenvalue weighted by Crippen LogP contribution is 2.32. The normalized spacial score (nSPS) is 12.3. The fraction of sp³-hybridized carbons (Fsp3) is 0.250. The van der Waals surface area contributed by atoms with Crippen molar-refractivity contribution in [1.82, 2.24) is 24.3 Å². The number of anilines is 1. The van der Waals surface area contributed by atoms with Gasteiger partial charge in [-0.25, -0.2) is 9.97 Å². The molecule has 5 aromatic rings. The maximum absolute atomic E-state index is 11.7. The first-order valence-corrected chi connectivity index (χ1v) is 17.7. The molecule has 42 heavy (non-hydrogen) atoms. The average Bonchev–Trinajstić information content (AvgIpc) is 3.60. The molecule has 0 saturated carbocycles. The molecule has 3 heterocycles. The zero-order valence-electron chi connectivity index (χ0n) is 24.4.